The van der Waals surface area contributed by atoms with Gasteiger partial charge in [-0.15, -0.1) is 5.10 Å². The number of sulfonamides is 1. The third-order valence-electron chi connectivity index (χ3n) is 4.53. The Morgan fingerprint density at radius 1 is 1.37 bits per heavy atom. The van der Waals surface area contributed by atoms with Gasteiger partial charge in [-0.25, -0.2) is 18.3 Å². The van der Waals surface area contributed by atoms with Crippen LogP contribution in [0.25, 0.3) is 0 Å². The van der Waals surface area contributed by atoms with Crippen molar-refractivity contribution in [2.45, 2.75) is 42.1 Å². The average Bonchev–Trinajstić information content (AvgIpc) is 3.08. The van der Waals surface area contributed by atoms with Gasteiger partial charge < -0.3 is 10.1 Å². The van der Waals surface area contributed by atoms with E-state index in [1.165, 1.54) is 21.0 Å². The second kappa shape index (κ2) is 9.77. The van der Waals surface area contributed by atoms with E-state index in [0.717, 1.165) is 18.2 Å². The fourth-order valence-electron chi connectivity index (χ4n) is 2.94. The molecule has 1 aromatic carbocycles. The summed E-state index contributed by atoms with van der Waals surface area (Å²) in [5, 5.41) is 9.01. The van der Waals surface area contributed by atoms with Gasteiger partial charge in [0.15, 0.2) is 5.16 Å². The van der Waals surface area contributed by atoms with E-state index in [4.69, 9.17) is 4.74 Å². The predicted octanol–water partition coefficient (Wildman–Crippen LogP) is 1.12. The summed E-state index contributed by atoms with van der Waals surface area (Å²) in [6, 6.07) is 6.18. The van der Waals surface area contributed by atoms with Gasteiger partial charge in [-0.1, -0.05) is 24.8 Å². The maximum absolute atomic E-state index is 12.8. The first kappa shape index (κ1) is 22.5. The Hall–Kier alpha value is -2.15. The van der Waals surface area contributed by atoms with Crippen LogP contribution >= 0.6 is 11.8 Å². The molecular formula is C18H25N5O5S2. The molecule has 0 radical (unpaired) electrons. The minimum Gasteiger partial charge on any atom is -0.379 e. The number of hydrogen-bond acceptors (Lipinski definition) is 7. The number of carbonyl (C=O) groups is 1. The largest absolute Gasteiger partial charge is 0.379 e. The molecule has 1 amide bonds. The first-order valence-electron chi connectivity index (χ1n) is 9.63. The lowest BCUT2D eigenvalue weighted by Crippen LogP contribution is -2.40. The average molecular weight is 456 g/mol. The van der Waals surface area contributed by atoms with Crippen molar-refractivity contribution >= 4 is 33.4 Å². The van der Waals surface area contributed by atoms with Gasteiger partial charge >= 0.3 is 5.69 Å². The van der Waals surface area contributed by atoms with E-state index in [0.29, 0.717) is 43.7 Å². The molecule has 12 heteroatoms. The summed E-state index contributed by atoms with van der Waals surface area (Å²) in [7, 11) is -3.65. The van der Waals surface area contributed by atoms with Gasteiger partial charge in [0, 0.05) is 25.3 Å². The highest BCUT2D eigenvalue weighted by Crippen LogP contribution is 2.24. The number of amides is 1. The quantitative estimate of drug-likeness (QED) is 0.571. The summed E-state index contributed by atoms with van der Waals surface area (Å²) in [6.45, 7) is 5.48. The van der Waals surface area contributed by atoms with E-state index in [1.54, 1.807) is 19.1 Å². The Balaban J connectivity index is 1.70. The number of nitrogens with zero attached hydrogens (tertiary/aromatic N) is 3. The van der Waals surface area contributed by atoms with Gasteiger partial charge in [0.2, 0.25) is 15.9 Å². The van der Waals surface area contributed by atoms with Crippen LogP contribution in [0, 0.1) is 0 Å². The summed E-state index contributed by atoms with van der Waals surface area (Å²) in [5.74, 6) is -0.320. The lowest BCUT2D eigenvalue weighted by atomic mass is 10.3. The molecule has 3 rings (SSSR count). The third kappa shape index (κ3) is 5.12. The number of anilines is 1. The maximum atomic E-state index is 12.8. The van der Waals surface area contributed by atoms with Gasteiger partial charge in [-0.2, -0.15) is 4.31 Å². The first-order valence-corrected chi connectivity index (χ1v) is 12.0. The number of aromatic amines is 1. The molecule has 0 aliphatic carbocycles. The lowest BCUT2D eigenvalue weighted by molar-refractivity contribution is -0.115. The molecule has 1 aliphatic heterocycles. The fraction of sp³-hybridized carbons (Fsp3) is 0.500. The predicted molar refractivity (Wildman–Crippen MR) is 113 cm³/mol. The van der Waals surface area contributed by atoms with Crippen LogP contribution in [-0.4, -0.2) is 64.9 Å². The standard InChI is InChI=1S/C18H25N5O5S2/c1-3-7-23-17(25)20-21-18(23)29-13(2)16(24)19-14-5-4-6-15(12-14)30(26,27)22-8-10-28-11-9-22/h4-6,12-13H,3,7-11H2,1-2H3,(H,19,24)(H,20,25)/t13-/m1/s1. The van der Waals surface area contributed by atoms with Gasteiger partial charge in [0.25, 0.3) is 0 Å². The zero-order valence-electron chi connectivity index (χ0n) is 16.8. The van der Waals surface area contributed by atoms with Crippen LogP contribution in [-0.2, 0) is 26.1 Å². The van der Waals surface area contributed by atoms with Crippen molar-refractivity contribution in [2.75, 3.05) is 31.6 Å². The minimum atomic E-state index is -3.65. The zero-order valence-corrected chi connectivity index (χ0v) is 18.5. The Labute approximate surface area is 179 Å². The van der Waals surface area contributed by atoms with Crippen molar-refractivity contribution in [3.05, 3.63) is 34.7 Å². The molecule has 1 fully saturated rings. The second-order valence-corrected chi connectivity index (χ2v) is 10.0. The molecule has 1 atom stereocenters. The van der Waals surface area contributed by atoms with E-state index < -0.39 is 15.3 Å². The molecule has 2 heterocycles. The second-order valence-electron chi connectivity index (χ2n) is 6.76. The van der Waals surface area contributed by atoms with Crippen LogP contribution in [0.4, 0.5) is 5.69 Å². The first-order chi connectivity index (χ1) is 14.3. The Bertz CT molecular complexity index is 1040. The summed E-state index contributed by atoms with van der Waals surface area (Å²) in [6.07, 6.45) is 0.762. The maximum Gasteiger partial charge on any atom is 0.343 e. The summed E-state index contributed by atoms with van der Waals surface area (Å²) < 4.78 is 33.7. The van der Waals surface area contributed by atoms with E-state index in [-0.39, 0.29) is 16.5 Å². The molecular weight excluding hydrogens is 430 g/mol. The van der Waals surface area contributed by atoms with Crippen LogP contribution in [0.3, 0.4) is 0 Å². The number of ether oxygens (including phenoxy) is 1. The Morgan fingerprint density at radius 2 is 2.10 bits per heavy atom. The van der Waals surface area contributed by atoms with E-state index >= 15 is 0 Å². The normalized spacial score (nSPS) is 16.3. The Kier molecular flexibility index (Phi) is 7.34. The smallest absolute Gasteiger partial charge is 0.343 e. The number of carbonyl (C=O) groups excluding carboxylic acids is 1. The molecule has 0 bridgehead atoms. The topological polar surface area (TPSA) is 126 Å². The fourth-order valence-corrected chi connectivity index (χ4v) is 5.28. The van der Waals surface area contributed by atoms with Crippen LogP contribution in [0.1, 0.15) is 20.3 Å². The third-order valence-corrected chi connectivity index (χ3v) is 7.52. The van der Waals surface area contributed by atoms with Crippen LogP contribution in [0.5, 0.6) is 0 Å². The monoisotopic (exact) mass is 455 g/mol. The Morgan fingerprint density at radius 3 is 2.80 bits per heavy atom. The molecule has 0 spiro atoms. The molecule has 2 aromatic rings. The van der Waals surface area contributed by atoms with Crippen molar-refractivity contribution in [1.29, 1.82) is 0 Å². The van der Waals surface area contributed by atoms with Crippen molar-refractivity contribution in [2.24, 2.45) is 0 Å². The molecule has 1 aliphatic rings. The number of morpholine rings is 1. The molecule has 1 aromatic heterocycles. The van der Waals surface area contributed by atoms with Crippen LogP contribution in [0.2, 0.25) is 0 Å². The molecule has 30 heavy (non-hydrogen) atoms. The lowest BCUT2D eigenvalue weighted by Gasteiger charge is -2.26. The highest BCUT2D eigenvalue weighted by atomic mass is 32.2. The minimum absolute atomic E-state index is 0.117. The van der Waals surface area contributed by atoms with Crippen molar-refractivity contribution in [1.82, 2.24) is 19.1 Å². The molecule has 164 valence electrons. The molecule has 10 nitrogen and oxygen atoms in total. The number of thioether (sulfide) groups is 1. The van der Waals surface area contributed by atoms with Gasteiger partial charge in [0.05, 0.1) is 23.4 Å². The van der Waals surface area contributed by atoms with Crippen LogP contribution in [0.15, 0.2) is 39.1 Å². The van der Waals surface area contributed by atoms with Gasteiger partial charge in [-0.3, -0.25) is 9.36 Å². The number of aromatic nitrogens is 3. The molecule has 0 unspecified atom stereocenters. The summed E-state index contributed by atoms with van der Waals surface area (Å²) in [5.41, 5.74) is 0.0720. The number of H-pyrrole nitrogens is 1. The van der Waals surface area contributed by atoms with E-state index in [1.807, 2.05) is 6.92 Å². The number of rotatable bonds is 8. The summed E-state index contributed by atoms with van der Waals surface area (Å²) in [4.78, 5) is 24.5. The van der Waals surface area contributed by atoms with Crippen molar-refractivity contribution in [3.63, 3.8) is 0 Å². The van der Waals surface area contributed by atoms with Crippen molar-refractivity contribution < 1.29 is 17.9 Å². The van der Waals surface area contributed by atoms with E-state index in [9.17, 15) is 18.0 Å². The molecule has 0 saturated carbocycles. The number of hydrogen-bond donors (Lipinski definition) is 2. The number of benzene rings is 1. The highest BCUT2D eigenvalue weighted by Gasteiger charge is 2.27. The van der Waals surface area contributed by atoms with Crippen molar-refractivity contribution in [3.8, 4) is 0 Å². The molecule has 2 N–H and O–H groups in total. The van der Waals surface area contributed by atoms with Crippen LogP contribution < -0.4 is 11.0 Å². The van der Waals surface area contributed by atoms with E-state index in [2.05, 4.69) is 15.5 Å². The number of nitrogens with one attached hydrogen (secondary N) is 2. The zero-order chi connectivity index (χ0) is 21.7. The SMILES string of the molecule is CCCn1c(S[C@H](C)C(=O)Nc2cccc(S(=O)(=O)N3CCOCC3)c2)n[nH]c1=O. The van der Waals surface area contributed by atoms with Gasteiger partial charge in [-0.05, 0) is 31.5 Å². The summed E-state index contributed by atoms with van der Waals surface area (Å²) >= 11 is 1.16. The van der Waals surface area contributed by atoms with Gasteiger partial charge in [0.1, 0.15) is 0 Å². The highest BCUT2D eigenvalue weighted by molar-refractivity contribution is 8.00. The molecule has 1 saturated heterocycles.